The monoisotopic (exact) mass is 422 g/mol. The number of hydrogen-bond donors (Lipinski definition) is 1. The molecule has 4 nitrogen and oxygen atoms in total. The van der Waals surface area contributed by atoms with Crippen molar-refractivity contribution in [3.05, 3.63) is 59.5 Å². The van der Waals surface area contributed by atoms with Gasteiger partial charge in [-0.2, -0.15) is 0 Å². The average Bonchev–Trinajstić information content (AvgIpc) is 3.59. The van der Waals surface area contributed by atoms with Gasteiger partial charge in [0.15, 0.2) is 0 Å². The first-order chi connectivity index (χ1) is 15.2. The van der Waals surface area contributed by atoms with Gasteiger partial charge in [-0.15, -0.1) is 0 Å². The van der Waals surface area contributed by atoms with Crippen LogP contribution in [-0.2, 0) is 5.41 Å². The first-order valence-corrected chi connectivity index (χ1v) is 12.3. The fourth-order valence-corrected chi connectivity index (χ4v) is 7.42. The molecule has 2 saturated carbocycles. The van der Waals surface area contributed by atoms with Crippen molar-refractivity contribution in [3.63, 3.8) is 0 Å². The molecule has 3 aliphatic carbocycles. The molecule has 31 heavy (non-hydrogen) atoms. The zero-order valence-electron chi connectivity index (χ0n) is 18.4. The van der Waals surface area contributed by atoms with Gasteiger partial charge >= 0.3 is 0 Å². The number of furan rings is 1. The Morgan fingerprint density at radius 1 is 1.16 bits per heavy atom. The summed E-state index contributed by atoms with van der Waals surface area (Å²) in [6, 6.07) is 10.6. The minimum Gasteiger partial charge on any atom is -0.472 e. The highest BCUT2D eigenvalue weighted by atomic mass is 16.3. The van der Waals surface area contributed by atoms with Gasteiger partial charge in [-0.3, -0.25) is 4.79 Å². The number of nitrogens with zero attached hydrogens (tertiary/aromatic N) is 1. The first-order valence-electron chi connectivity index (χ1n) is 12.3. The van der Waals surface area contributed by atoms with Crippen LogP contribution < -0.4 is 5.32 Å². The Morgan fingerprint density at radius 2 is 2.03 bits per heavy atom. The molecule has 168 valence electrons. The van der Waals surface area contributed by atoms with Crippen molar-refractivity contribution in [2.45, 2.75) is 62.8 Å². The van der Waals surface area contributed by atoms with Crippen molar-refractivity contribution < 1.29 is 12.1 Å². The first kappa shape index (κ1) is 19.6. The zero-order chi connectivity index (χ0) is 20.8. The van der Waals surface area contributed by atoms with Gasteiger partial charge in [0.2, 0.25) is 0 Å². The molecule has 1 aliphatic heterocycles. The lowest BCUT2D eigenvalue weighted by Gasteiger charge is -2.41. The summed E-state index contributed by atoms with van der Waals surface area (Å²) in [4.78, 5) is 15.4. The van der Waals surface area contributed by atoms with Crippen LogP contribution in [0.25, 0.3) is 0 Å². The third kappa shape index (κ3) is 3.53. The maximum absolute atomic E-state index is 12.7. The summed E-state index contributed by atoms with van der Waals surface area (Å²) in [6.07, 6.45) is 14.0. The average molecular weight is 423 g/mol. The van der Waals surface area contributed by atoms with Crippen LogP contribution in [0.15, 0.2) is 47.3 Å². The van der Waals surface area contributed by atoms with Crippen LogP contribution in [-0.4, -0.2) is 30.4 Å². The third-order valence-electron chi connectivity index (χ3n) is 9.10. The lowest BCUT2D eigenvalue weighted by Crippen LogP contribution is -2.43. The number of hydrogen-bond acceptors (Lipinski definition) is 3. The molecule has 4 aliphatic rings. The Kier molecular flexibility index (Phi) is 4.94. The highest BCUT2D eigenvalue weighted by Gasteiger charge is 2.46. The second-order valence-electron chi connectivity index (χ2n) is 10.7. The highest BCUT2D eigenvalue weighted by Crippen LogP contribution is 2.52. The zero-order valence-corrected chi connectivity index (χ0v) is 18.4. The van der Waals surface area contributed by atoms with E-state index in [0.717, 1.165) is 24.2 Å². The van der Waals surface area contributed by atoms with Gasteiger partial charge in [0.1, 0.15) is 6.26 Å². The molecule has 0 radical (unpaired) electrons. The molecule has 1 aromatic heterocycles. The quantitative estimate of drug-likeness (QED) is 0.662. The molecule has 2 heterocycles. The van der Waals surface area contributed by atoms with E-state index in [9.17, 15) is 4.79 Å². The Balaban J connectivity index is 0.00000130. The molecule has 1 saturated heterocycles. The summed E-state index contributed by atoms with van der Waals surface area (Å²) in [5.41, 5.74) is 3.61. The molecule has 2 bridgehead atoms. The summed E-state index contributed by atoms with van der Waals surface area (Å²) in [5, 5.41) is 3.29. The van der Waals surface area contributed by atoms with Gasteiger partial charge in [-0.05, 0) is 99.5 Å². The number of amides is 1. The fourth-order valence-electron chi connectivity index (χ4n) is 7.42. The Morgan fingerprint density at radius 3 is 2.77 bits per heavy atom. The molecule has 1 aromatic carbocycles. The topological polar surface area (TPSA) is 45.5 Å². The molecule has 2 unspecified atom stereocenters. The molecule has 1 spiro atoms. The Labute approximate surface area is 188 Å². The number of fused-ring (bicyclic) bond motifs is 4. The van der Waals surface area contributed by atoms with E-state index in [-0.39, 0.29) is 20.2 Å². The summed E-state index contributed by atoms with van der Waals surface area (Å²) in [5.74, 6) is 3.07. The summed E-state index contributed by atoms with van der Waals surface area (Å²) in [7, 11) is 0. The smallest absolute Gasteiger partial charge is 0.255 e. The number of likely N-dealkylation sites (tertiary alicyclic amines) is 1. The van der Waals surface area contributed by atoms with Crippen molar-refractivity contribution >= 4 is 5.91 Å². The van der Waals surface area contributed by atoms with E-state index >= 15 is 0 Å². The van der Waals surface area contributed by atoms with Crippen LogP contribution in [0.5, 0.6) is 0 Å². The van der Waals surface area contributed by atoms with Gasteiger partial charge < -0.3 is 14.6 Å². The van der Waals surface area contributed by atoms with Crippen molar-refractivity contribution in [1.82, 2.24) is 10.2 Å². The van der Waals surface area contributed by atoms with E-state index in [1.54, 1.807) is 12.3 Å². The minimum absolute atomic E-state index is 0. The maximum atomic E-state index is 12.7. The third-order valence-corrected chi connectivity index (χ3v) is 9.10. The molecule has 4 atom stereocenters. The Bertz CT molecular complexity index is 939. The van der Waals surface area contributed by atoms with E-state index in [2.05, 4.69) is 34.5 Å². The minimum atomic E-state index is -0.0334. The van der Waals surface area contributed by atoms with Gasteiger partial charge in [-0.1, -0.05) is 30.7 Å². The Hall–Kier alpha value is -2.07. The molecule has 4 heteroatoms. The fraction of sp³-hybridized carbons (Fsp3) is 0.593. The number of nitrogens with one attached hydrogen (secondary N) is 1. The SMILES string of the molecule is O=C(N[C@H]1CC2(CCN(CCC3CC4CC[C@@H]3C4)CC2)c2ccccc21)c1ccoc1.[HH].[HH]. The van der Waals surface area contributed by atoms with Crippen LogP contribution in [0, 0.1) is 17.8 Å². The second-order valence-corrected chi connectivity index (χ2v) is 10.7. The molecule has 1 N–H and O–H groups in total. The molecule has 1 amide bonds. The molecule has 6 rings (SSSR count). The predicted octanol–water partition coefficient (Wildman–Crippen LogP) is 5.81. The standard InChI is InChI=1S/C27H34N2O2.2H2/c30-26(22-8-14-31-18-22)28-25-17-27(24-4-2-1-3-23(24)25)9-12-29(13-10-27)11-7-21-16-19-5-6-20(21)15-19;;/h1-4,8,14,18-21,25H,5-7,9-13,15-17H2,(H,28,30);2*1H/t19?,20-,21?,25+;;/m1../s1. The van der Waals surface area contributed by atoms with E-state index in [1.165, 1.54) is 82.0 Å². The van der Waals surface area contributed by atoms with Crippen molar-refractivity contribution in [2.24, 2.45) is 17.8 Å². The highest BCUT2D eigenvalue weighted by molar-refractivity contribution is 5.94. The molecular weight excluding hydrogens is 384 g/mol. The molecular formula is C27H38N2O2. The largest absolute Gasteiger partial charge is 0.472 e. The second kappa shape index (κ2) is 7.81. The van der Waals surface area contributed by atoms with Gasteiger partial charge in [-0.25, -0.2) is 0 Å². The van der Waals surface area contributed by atoms with Gasteiger partial charge in [0.05, 0.1) is 17.9 Å². The van der Waals surface area contributed by atoms with Crippen LogP contribution in [0.1, 0.15) is 81.7 Å². The van der Waals surface area contributed by atoms with E-state index in [1.807, 2.05) is 0 Å². The van der Waals surface area contributed by atoms with Crippen LogP contribution in [0.3, 0.4) is 0 Å². The van der Waals surface area contributed by atoms with E-state index in [0.29, 0.717) is 5.56 Å². The van der Waals surface area contributed by atoms with Crippen LogP contribution >= 0.6 is 0 Å². The lowest BCUT2D eigenvalue weighted by molar-refractivity contribution is 0.0923. The van der Waals surface area contributed by atoms with Crippen LogP contribution in [0.2, 0.25) is 0 Å². The van der Waals surface area contributed by atoms with E-state index in [4.69, 9.17) is 4.42 Å². The normalized spacial score (nSPS) is 31.2. The summed E-state index contributed by atoms with van der Waals surface area (Å²) < 4.78 is 5.10. The predicted molar refractivity (Wildman–Crippen MR) is 125 cm³/mol. The number of rotatable bonds is 5. The summed E-state index contributed by atoms with van der Waals surface area (Å²) in [6.45, 7) is 3.67. The van der Waals surface area contributed by atoms with Crippen molar-refractivity contribution in [2.75, 3.05) is 19.6 Å². The van der Waals surface area contributed by atoms with Crippen LogP contribution in [0.4, 0.5) is 0 Å². The summed E-state index contributed by atoms with van der Waals surface area (Å²) >= 11 is 0. The van der Waals surface area contributed by atoms with E-state index < -0.39 is 0 Å². The van der Waals surface area contributed by atoms with Gasteiger partial charge in [0, 0.05) is 8.27 Å². The van der Waals surface area contributed by atoms with Gasteiger partial charge in [0.25, 0.3) is 5.91 Å². The molecule has 3 fully saturated rings. The number of carbonyl (C=O) groups is 1. The maximum Gasteiger partial charge on any atom is 0.255 e. The number of benzene rings is 1. The number of carbonyl (C=O) groups excluding carboxylic acids is 1. The molecule has 2 aromatic rings. The lowest BCUT2D eigenvalue weighted by atomic mass is 9.73. The number of piperidine rings is 1. The van der Waals surface area contributed by atoms with Crippen molar-refractivity contribution in [3.8, 4) is 0 Å². The van der Waals surface area contributed by atoms with Crippen molar-refractivity contribution in [1.29, 1.82) is 0 Å².